The van der Waals surface area contributed by atoms with Gasteiger partial charge >= 0.3 is 0 Å². The SMILES string of the molecule is CCC(C)=CCCNCC(C)C. The van der Waals surface area contributed by atoms with Crippen molar-refractivity contribution in [2.45, 2.75) is 40.5 Å². The maximum absolute atomic E-state index is 3.42. The number of allylic oxidation sites excluding steroid dienone is 1. The summed E-state index contributed by atoms with van der Waals surface area (Å²) in [4.78, 5) is 0. The number of nitrogens with one attached hydrogen (secondary N) is 1. The summed E-state index contributed by atoms with van der Waals surface area (Å²) in [5.74, 6) is 0.765. The second kappa shape index (κ2) is 7.35. The molecule has 0 bridgehead atoms. The van der Waals surface area contributed by atoms with Gasteiger partial charge < -0.3 is 5.32 Å². The van der Waals surface area contributed by atoms with E-state index in [0.717, 1.165) is 19.0 Å². The first-order valence-corrected chi connectivity index (χ1v) is 5.03. The summed E-state index contributed by atoms with van der Waals surface area (Å²) in [6, 6.07) is 0. The van der Waals surface area contributed by atoms with E-state index in [2.05, 4.69) is 39.1 Å². The molecule has 0 fully saturated rings. The minimum Gasteiger partial charge on any atom is -0.316 e. The van der Waals surface area contributed by atoms with Crippen LogP contribution in [0.15, 0.2) is 11.6 Å². The monoisotopic (exact) mass is 169 g/mol. The van der Waals surface area contributed by atoms with Crippen LogP contribution < -0.4 is 5.32 Å². The zero-order chi connectivity index (χ0) is 9.40. The van der Waals surface area contributed by atoms with Crippen LogP contribution in [0.5, 0.6) is 0 Å². The largest absolute Gasteiger partial charge is 0.316 e. The second-order valence-corrected chi connectivity index (χ2v) is 3.79. The van der Waals surface area contributed by atoms with Gasteiger partial charge in [-0.1, -0.05) is 32.4 Å². The summed E-state index contributed by atoms with van der Waals surface area (Å²) < 4.78 is 0. The molecule has 0 saturated carbocycles. The third-order valence-corrected chi connectivity index (χ3v) is 1.92. The van der Waals surface area contributed by atoms with Crippen molar-refractivity contribution in [1.82, 2.24) is 5.32 Å². The van der Waals surface area contributed by atoms with E-state index in [1.54, 1.807) is 0 Å². The zero-order valence-electron chi connectivity index (χ0n) is 8.98. The lowest BCUT2D eigenvalue weighted by Crippen LogP contribution is -2.20. The number of hydrogen-bond acceptors (Lipinski definition) is 1. The van der Waals surface area contributed by atoms with Gasteiger partial charge in [-0.2, -0.15) is 0 Å². The van der Waals surface area contributed by atoms with Crippen LogP contribution >= 0.6 is 0 Å². The fraction of sp³-hybridized carbons (Fsp3) is 0.818. The molecule has 0 aliphatic heterocycles. The Hall–Kier alpha value is -0.300. The number of rotatable bonds is 6. The lowest BCUT2D eigenvalue weighted by Gasteiger charge is -2.05. The molecule has 0 rings (SSSR count). The van der Waals surface area contributed by atoms with E-state index in [1.165, 1.54) is 18.4 Å². The van der Waals surface area contributed by atoms with Gasteiger partial charge in [-0.05, 0) is 38.8 Å². The molecular weight excluding hydrogens is 146 g/mol. The molecule has 0 heterocycles. The molecule has 0 aromatic heterocycles. The third kappa shape index (κ3) is 7.80. The van der Waals surface area contributed by atoms with Gasteiger partial charge in [0, 0.05) is 0 Å². The van der Waals surface area contributed by atoms with E-state index in [0.29, 0.717) is 0 Å². The van der Waals surface area contributed by atoms with Gasteiger partial charge in [-0.25, -0.2) is 0 Å². The molecule has 0 atom stereocenters. The average molecular weight is 169 g/mol. The fourth-order valence-electron chi connectivity index (χ4n) is 0.956. The zero-order valence-corrected chi connectivity index (χ0v) is 8.98. The fourth-order valence-corrected chi connectivity index (χ4v) is 0.956. The summed E-state index contributed by atoms with van der Waals surface area (Å²) in [6.45, 7) is 11.1. The maximum atomic E-state index is 3.42. The first-order valence-electron chi connectivity index (χ1n) is 5.03. The van der Waals surface area contributed by atoms with Crippen molar-refractivity contribution >= 4 is 0 Å². The van der Waals surface area contributed by atoms with Crippen LogP contribution in [-0.2, 0) is 0 Å². The Morgan fingerprint density at radius 2 is 2.08 bits per heavy atom. The molecule has 0 unspecified atom stereocenters. The van der Waals surface area contributed by atoms with E-state index in [-0.39, 0.29) is 0 Å². The second-order valence-electron chi connectivity index (χ2n) is 3.79. The van der Waals surface area contributed by atoms with Gasteiger partial charge in [0.15, 0.2) is 0 Å². The molecule has 1 heteroatoms. The number of hydrogen-bond donors (Lipinski definition) is 1. The summed E-state index contributed by atoms with van der Waals surface area (Å²) in [7, 11) is 0. The Labute approximate surface area is 77.2 Å². The first-order chi connectivity index (χ1) is 5.66. The summed E-state index contributed by atoms with van der Waals surface area (Å²) in [6.07, 6.45) is 4.68. The third-order valence-electron chi connectivity index (χ3n) is 1.92. The summed E-state index contributed by atoms with van der Waals surface area (Å²) in [5.41, 5.74) is 1.50. The Morgan fingerprint density at radius 1 is 1.42 bits per heavy atom. The minimum atomic E-state index is 0.765. The predicted octanol–water partition coefficient (Wildman–Crippen LogP) is 2.98. The van der Waals surface area contributed by atoms with Crippen molar-refractivity contribution in [2.24, 2.45) is 5.92 Å². The summed E-state index contributed by atoms with van der Waals surface area (Å²) >= 11 is 0. The van der Waals surface area contributed by atoms with Crippen molar-refractivity contribution in [3.63, 3.8) is 0 Å². The molecule has 0 aliphatic carbocycles. The molecular formula is C11H23N. The molecule has 0 spiro atoms. The van der Waals surface area contributed by atoms with Crippen LogP contribution in [0.4, 0.5) is 0 Å². The van der Waals surface area contributed by atoms with Crippen molar-refractivity contribution in [2.75, 3.05) is 13.1 Å². The van der Waals surface area contributed by atoms with Gasteiger partial charge in [-0.15, -0.1) is 0 Å². The molecule has 0 radical (unpaired) electrons. The van der Waals surface area contributed by atoms with E-state index in [9.17, 15) is 0 Å². The standard InChI is InChI=1S/C11H23N/c1-5-11(4)7-6-8-12-9-10(2)3/h7,10,12H,5-6,8-9H2,1-4H3. The quantitative estimate of drug-likeness (QED) is 0.476. The highest BCUT2D eigenvalue weighted by molar-refractivity contribution is 4.96. The van der Waals surface area contributed by atoms with Gasteiger partial charge in [0.2, 0.25) is 0 Å². The molecule has 0 aromatic carbocycles. The predicted molar refractivity (Wildman–Crippen MR) is 56.4 cm³/mol. The van der Waals surface area contributed by atoms with Crippen molar-refractivity contribution < 1.29 is 0 Å². The van der Waals surface area contributed by atoms with E-state index < -0.39 is 0 Å². The molecule has 1 nitrogen and oxygen atoms in total. The van der Waals surface area contributed by atoms with Crippen LogP contribution in [-0.4, -0.2) is 13.1 Å². The van der Waals surface area contributed by atoms with E-state index in [4.69, 9.17) is 0 Å². The van der Waals surface area contributed by atoms with Crippen molar-refractivity contribution in [1.29, 1.82) is 0 Å². The highest BCUT2D eigenvalue weighted by Crippen LogP contribution is 1.98. The molecule has 1 N–H and O–H groups in total. The van der Waals surface area contributed by atoms with E-state index >= 15 is 0 Å². The Balaban J connectivity index is 3.21. The van der Waals surface area contributed by atoms with Crippen molar-refractivity contribution in [3.05, 3.63) is 11.6 Å². The lowest BCUT2D eigenvalue weighted by atomic mass is 10.2. The van der Waals surface area contributed by atoms with Crippen molar-refractivity contribution in [3.8, 4) is 0 Å². The Bertz CT molecular complexity index is 125. The molecule has 0 saturated heterocycles. The van der Waals surface area contributed by atoms with Crippen LogP contribution in [0.2, 0.25) is 0 Å². The highest BCUT2D eigenvalue weighted by Gasteiger charge is 1.90. The topological polar surface area (TPSA) is 12.0 Å². The Morgan fingerprint density at radius 3 is 2.58 bits per heavy atom. The maximum Gasteiger partial charge on any atom is -0.00141 e. The minimum absolute atomic E-state index is 0.765. The molecule has 0 amide bonds. The first kappa shape index (κ1) is 11.7. The normalized spacial score (nSPS) is 12.6. The van der Waals surface area contributed by atoms with Crippen LogP contribution in [0.25, 0.3) is 0 Å². The molecule has 0 aliphatic rings. The molecule has 72 valence electrons. The highest BCUT2D eigenvalue weighted by atomic mass is 14.8. The smallest absolute Gasteiger partial charge is 0.00141 e. The van der Waals surface area contributed by atoms with Gasteiger partial charge in [0.25, 0.3) is 0 Å². The van der Waals surface area contributed by atoms with Gasteiger partial charge in [0.05, 0.1) is 0 Å². The van der Waals surface area contributed by atoms with Gasteiger partial charge in [0.1, 0.15) is 0 Å². The summed E-state index contributed by atoms with van der Waals surface area (Å²) in [5, 5.41) is 3.42. The van der Waals surface area contributed by atoms with Crippen LogP contribution in [0, 0.1) is 5.92 Å². The molecule has 0 aromatic rings. The van der Waals surface area contributed by atoms with E-state index in [1.807, 2.05) is 0 Å². The lowest BCUT2D eigenvalue weighted by molar-refractivity contribution is 0.556. The van der Waals surface area contributed by atoms with Crippen LogP contribution in [0.1, 0.15) is 40.5 Å². The van der Waals surface area contributed by atoms with Gasteiger partial charge in [-0.3, -0.25) is 0 Å². The van der Waals surface area contributed by atoms with Crippen LogP contribution in [0.3, 0.4) is 0 Å². The average Bonchev–Trinajstić information content (AvgIpc) is 2.03. The molecule has 12 heavy (non-hydrogen) atoms. The Kier molecular flexibility index (Phi) is 7.17.